The monoisotopic (exact) mass is 288 g/mol. The normalized spacial score (nSPS) is 20.1. The molecular weight excluding hydrogens is 268 g/mol. The van der Waals surface area contributed by atoms with Crippen molar-refractivity contribution in [1.29, 1.82) is 0 Å². The molecular formula is C15H20N4O2. The summed E-state index contributed by atoms with van der Waals surface area (Å²) >= 11 is 0. The summed E-state index contributed by atoms with van der Waals surface area (Å²) in [5.41, 5.74) is 7.22. The van der Waals surface area contributed by atoms with Gasteiger partial charge in [-0.3, -0.25) is 4.79 Å². The predicted octanol–water partition coefficient (Wildman–Crippen LogP) is 0.472. The maximum Gasteiger partial charge on any atom is 0.229 e. The lowest BCUT2D eigenvalue weighted by atomic mass is 10.1. The Kier molecular flexibility index (Phi) is 3.90. The Morgan fingerprint density at radius 3 is 3.05 bits per heavy atom. The summed E-state index contributed by atoms with van der Waals surface area (Å²) in [6.45, 7) is 2.90. The SMILES string of the molecule is CN1CCN(C(=O)Cc2noc3ccccc23)C(CN)C1. The molecule has 1 aromatic carbocycles. The number of likely N-dealkylation sites (N-methyl/N-ethyl adjacent to an activating group) is 1. The van der Waals surface area contributed by atoms with Gasteiger partial charge in [0.05, 0.1) is 12.5 Å². The largest absolute Gasteiger partial charge is 0.356 e. The van der Waals surface area contributed by atoms with Crippen LogP contribution in [0.3, 0.4) is 0 Å². The summed E-state index contributed by atoms with van der Waals surface area (Å²) < 4.78 is 5.25. The van der Waals surface area contributed by atoms with Crippen LogP contribution in [0.2, 0.25) is 0 Å². The van der Waals surface area contributed by atoms with Crippen LogP contribution in [0.1, 0.15) is 5.69 Å². The van der Waals surface area contributed by atoms with Gasteiger partial charge in [0.2, 0.25) is 5.91 Å². The molecule has 1 aliphatic rings. The quantitative estimate of drug-likeness (QED) is 0.888. The minimum atomic E-state index is 0.0672. The fourth-order valence-electron chi connectivity index (χ4n) is 2.85. The van der Waals surface area contributed by atoms with E-state index < -0.39 is 0 Å². The van der Waals surface area contributed by atoms with Gasteiger partial charge in [-0.2, -0.15) is 0 Å². The van der Waals surface area contributed by atoms with E-state index in [0.29, 0.717) is 24.4 Å². The number of amides is 1. The zero-order valence-electron chi connectivity index (χ0n) is 12.2. The smallest absolute Gasteiger partial charge is 0.229 e. The van der Waals surface area contributed by atoms with Crippen LogP contribution < -0.4 is 5.73 Å². The fourth-order valence-corrected chi connectivity index (χ4v) is 2.85. The van der Waals surface area contributed by atoms with E-state index in [1.54, 1.807) is 0 Å². The van der Waals surface area contributed by atoms with Crippen molar-refractivity contribution in [3.8, 4) is 0 Å². The fraction of sp³-hybridized carbons (Fsp3) is 0.467. The van der Waals surface area contributed by atoms with E-state index in [0.717, 1.165) is 18.5 Å². The molecule has 0 aliphatic carbocycles. The van der Waals surface area contributed by atoms with Crippen molar-refractivity contribution in [3.05, 3.63) is 30.0 Å². The molecule has 1 saturated heterocycles. The van der Waals surface area contributed by atoms with Gasteiger partial charge >= 0.3 is 0 Å². The van der Waals surface area contributed by atoms with Gasteiger partial charge in [-0.05, 0) is 19.2 Å². The lowest BCUT2D eigenvalue weighted by Crippen LogP contribution is -2.57. The van der Waals surface area contributed by atoms with Crippen LogP contribution in [0, 0.1) is 0 Å². The number of nitrogens with two attached hydrogens (primary N) is 1. The Hall–Kier alpha value is -1.92. The van der Waals surface area contributed by atoms with Crippen LogP contribution in [0.4, 0.5) is 0 Å². The zero-order chi connectivity index (χ0) is 14.8. The third kappa shape index (κ3) is 2.77. The van der Waals surface area contributed by atoms with Gasteiger partial charge in [-0.15, -0.1) is 0 Å². The summed E-state index contributed by atoms with van der Waals surface area (Å²) in [7, 11) is 2.05. The van der Waals surface area contributed by atoms with Crippen LogP contribution in [0.15, 0.2) is 28.8 Å². The molecule has 1 atom stereocenters. The van der Waals surface area contributed by atoms with Crippen molar-refractivity contribution in [2.24, 2.45) is 5.73 Å². The molecule has 0 saturated carbocycles. The molecule has 0 radical (unpaired) electrons. The molecule has 2 N–H and O–H groups in total. The first-order chi connectivity index (χ1) is 10.2. The van der Waals surface area contributed by atoms with Crippen molar-refractivity contribution < 1.29 is 9.32 Å². The molecule has 6 heteroatoms. The highest BCUT2D eigenvalue weighted by Gasteiger charge is 2.28. The van der Waals surface area contributed by atoms with Gasteiger partial charge in [0, 0.05) is 31.6 Å². The number of piperazine rings is 1. The number of fused-ring (bicyclic) bond motifs is 1. The van der Waals surface area contributed by atoms with E-state index in [9.17, 15) is 4.79 Å². The summed E-state index contributed by atoms with van der Waals surface area (Å²) in [4.78, 5) is 16.6. The van der Waals surface area contributed by atoms with Gasteiger partial charge < -0.3 is 20.1 Å². The van der Waals surface area contributed by atoms with Crippen molar-refractivity contribution in [2.75, 3.05) is 33.2 Å². The molecule has 21 heavy (non-hydrogen) atoms. The molecule has 0 bridgehead atoms. The average Bonchev–Trinajstić information content (AvgIpc) is 2.90. The molecule has 1 aliphatic heterocycles. The van der Waals surface area contributed by atoms with Crippen LogP contribution >= 0.6 is 0 Å². The van der Waals surface area contributed by atoms with Crippen molar-refractivity contribution in [2.45, 2.75) is 12.5 Å². The number of benzene rings is 1. The zero-order valence-corrected chi connectivity index (χ0v) is 12.2. The first-order valence-electron chi connectivity index (χ1n) is 7.20. The topological polar surface area (TPSA) is 75.6 Å². The summed E-state index contributed by atoms with van der Waals surface area (Å²) in [6, 6.07) is 7.68. The maximum absolute atomic E-state index is 12.6. The number of rotatable bonds is 3. The van der Waals surface area contributed by atoms with Gasteiger partial charge in [-0.1, -0.05) is 17.3 Å². The van der Waals surface area contributed by atoms with E-state index >= 15 is 0 Å². The Morgan fingerprint density at radius 1 is 1.43 bits per heavy atom. The van der Waals surface area contributed by atoms with E-state index in [2.05, 4.69) is 17.1 Å². The van der Waals surface area contributed by atoms with Crippen LogP contribution in [-0.2, 0) is 11.2 Å². The van der Waals surface area contributed by atoms with E-state index in [4.69, 9.17) is 10.3 Å². The van der Waals surface area contributed by atoms with E-state index in [1.165, 1.54) is 0 Å². The number of carbonyl (C=O) groups excluding carboxylic acids is 1. The minimum Gasteiger partial charge on any atom is -0.356 e. The van der Waals surface area contributed by atoms with Crippen molar-refractivity contribution in [1.82, 2.24) is 15.0 Å². The molecule has 1 amide bonds. The first kappa shape index (κ1) is 14.0. The summed E-state index contributed by atoms with van der Waals surface area (Å²) in [6.07, 6.45) is 0.261. The van der Waals surface area contributed by atoms with Crippen LogP contribution in [-0.4, -0.2) is 60.1 Å². The number of hydrogen-bond donors (Lipinski definition) is 1. The van der Waals surface area contributed by atoms with Gasteiger partial charge in [0.25, 0.3) is 0 Å². The highest BCUT2D eigenvalue weighted by molar-refractivity contribution is 5.86. The Morgan fingerprint density at radius 2 is 2.24 bits per heavy atom. The van der Waals surface area contributed by atoms with Gasteiger partial charge in [-0.25, -0.2) is 0 Å². The molecule has 6 nitrogen and oxygen atoms in total. The average molecular weight is 288 g/mol. The molecule has 1 unspecified atom stereocenters. The third-order valence-corrected chi connectivity index (χ3v) is 4.05. The molecule has 3 rings (SSSR count). The van der Waals surface area contributed by atoms with E-state index in [-0.39, 0.29) is 18.4 Å². The highest BCUT2D eigenvalue weighted by atomic mass is 16.5. The predicted molar refractivity (Wildman–Crippen MR) is 79.8 cm³/mol. The Bertz CT molecular complexity index is 639. The molecule has 112 valence electrons. The Labute approximate surface area is 123 Å². The van der Waals surface area contributed by atoms with Crippen LogP contribution in [0.25, 0.3) is 11.0 Å². The number of hydrogen-bond acceptors (Lipinski definition) is 5. The number of carbonyl (C=O) groups is 1. The molecule has 0 spiro atoms. The lowest BCUT2D eigenvalue weighted by Gasteiger charge is -2.39. The van der Waals surface area contributed by atoms with Gasteiger partial charge in [0.1, 0.15) is 5.69 Å². The minimum absolute atomic E-state index is 0.0672. The van der Waals surface area contributed by atoms with Crippen molar-refractivity contribution in [3.63, 3.8) is 0 Å². The van der Waals surface area contributed by atoms with Crippen LogP contribution in [0.5, 0.6) is 0 Å². The van der Waals surface area contributed by atoms with Crippen molar-refractivity contribution >= 4 is 16.9 Å². The molecule has 1 fully saturated rings. The molecule has 2 aromatic rings. The molecule has 2 heterocycles. The first-order valence-corrected chi connectivity index (χ1v) is 7.20. The third-order valence-electron chi connectivity index (χ3n) is 4.05. The summed E-state index contributed by atoms with van der Waals surface area (Å²) in [5.74, 6) is 0.0672. The standard InChI is InChI=1S/C15H20N4O2/c1-18-6-7-19(11(9-16)10-18)15(20)8-13-12-4-2-3-5-14(12)21-17-13/h2-5,11H,6-10,16H2,1H3. The number of para-hydroxylation sites is 1. The number of aromatic nitrogens is 1. The summed E-state index contributed by atoms with van der Waals surface area (Å²) in [5, 5.41) is 4.94. The molecule has 1 aromatic heterocycles. The second kappa shape index (κ2) is 5.83. The van der Waals surface area contributed by atoms with Gasteiger partial charge in [0.15, 0.2) is 5.58 Å². The lowest BCUT2D eigenvalue weighted by molar-refractivity contribution is -0.134. The second-order valence-electron chi connectivity index (χ2n) is 5.54. The highest BCUT2D eigenvalue weighted by Crippen LogP contribution is 2.19. The van der Waals surface area contributed by atoms with E-state index in [1.807, 2.05) is 29.2 Å². The number of nitrogens with zero attached hydrogens (tertiary/aromatic N) is 3. The maximum atomic E-state index is 12.6. The second-order valence-corrected chi connectivity index (χ2v) is 5.54. The Balaban J connectivity index is 1.76.